The van der Waals surface area contributed by atoms with Gasteiger partial charge in [0.25, 0.3) is 0 Å². The molecule has 0 spiro atoms. The molecular formula is C30H17N3O. The lowest BCUT2D eigenvalue weighted by Gasteiger charge is -2.23. The summed E-state index contributed by atoms with van der Waals surface area (Å²) < 4.78 is 8.61. The van der Waals surface area contributed by atoms with Crippen molar-refractivity contribution >= 4 is 77.1 Å². The monoisotopic (exact) mass is 435 g/mol. The lowest BCUT2D eigenvalue weighted by Crippen LogP contribution is -2.29. The summed E-state index contributed by atoms with van der Waals surface area (Å²) >= 11 is 0. The Kier molecular flexibility index (Phi) is 2.83. The Bertz CT molecular complexity index is 2100. The van der Waals surface area contributed by atoms with Gasteiger partial charge in [0, 0.05) is 33.0 Å². The van der Waals surface area contributed by atoms with E-state index in [0.717, 1.165) is 44.7 Å². The maximum atomic E-state index is 6.28. The standard InChI is InChI=1S/C30H17N3O/c1-2-8-17-16(7-1)13-21-28-30(32-23-11-5-4-10-22(23)31-28)33-24-15-26-19(14-20(24)27(17)29(21)33)18-9-3-6-12-25(18)34-26/h1-15,22,31H. The second-order valence-corrected chi connectivity index (χ2v) is 9.27. The highest BCUT2D eigenvalue weighted by Gasteiger charge is 2.29. The highest BCUT2D eigenvalue weighted by molar-refractivity contribution is 6.31. The van der Waals surface area contributed by atoms with Crippen molar-refractivity contribution in [3.63, 3.8) is 0 Å². The molecule has 4 aromatic carbocycles. The molecule has 34 heavy (non-hydrogen) atoms. The van der Waals surface area contributed by atoms with Crippen molar-refractivity contribution in [2.24, 2.45) is 4.99 Å². The fourth-order valence-corrected chi connectivity index (χ4v) is 6.04. The minimum Gasteiger partial charge on any atom is -0.456 e. The quantitative estimate of drug-likeness (QED) is 0.265. The Hall–Kier alpha value is -4.57. The van der Waals surface area contributed by atoms with E-state index in [4.69, 9.17) is 9.41 Å². The molecule has 1 N–H and O–H groups in total. The van der Waals surface area contributed by atoms with E-state index in [0.29, 0.717) is 0 Å². The van der Waals surface area contributed by atoms with E-state index in [1.807, 2.05) is 12.1 Å². The lowest BCUT2D eigenvalue weighted by atomic mass is 9.99. The van der Waals surface area contributed by atoms with Gasteiger partial charge in [-0.1, -0.05) is 60.7 Å². The average Bonchev–Trinajstić information content (AvgIpc) is 3.51. The van der Waals surface area contributed by atoms with Crippen LogP contribution in [-0.4, -0.2) is 16.2 Å². The zero-order valence-corrected chi connectivity index (χ0v) is 18.0. The minimum atomic E-state index is 0.100. The third-order valence-electron chi connectivity index (χ3n) is 7.49. The molecule has 4 heteroatoms. The van der Waals surface area contributed by atoms with Gasteiger partial charge in [0.15, 0.2) is 5.82 Å². The van der Waals surface area contributed by atoms with Crippen molar-refractivity contribution in [1.29, 1.82) is 0 Å². The van der Waals surface area contributed by atoms with Crippen molar-refractivity contribution in [2.75, 3.05) is 5.32 Å². The fraction of sp³-hybridized carbons (Fsp3) is 0.0333. The summed E-state index contributed by atoms with van der Waals surface area (Å²) in [6.45, 7) is 0. The van der Waals surface area contributed by atoms with Crippen molar-refractivity contribution in [1.82, 2.24) is 4.40 Å². The van der Waals surface area contributed by atoms with Gasteiger partial charge in [-0.25, -0.2) is 4.99 Å². The van der Waals surface area contributed by atoms with Gasteiger partial charge >= 0.3 is 0 Å². The topological polar surface area (TPSA) is 41.9 Å². The number of hydrogen-bond acceptors (Lipinski definition) is 3. The molecule has 4 nitrogen and oxygen atoms in total. The van der Waals surface area contributed by atoms with Crippen molar-refractivity contribution < 1.29 is 4.42 Å². The van der Waals surface area contributed by atoms with Crippen LogP contribution in [0.4, 0.5) is 11.5 Å². The van der Waals surface area contributed by atoms with Gasteiger partial charge in [-0.3, -0.25) is 4.40 Å². The molecule has 0 radical (unpaired) electrons. The van der Waals surface area contributed by atoms with E-state index in [1.54, 1.807) is 0 Å². The molecule has 9 rings (SSSR count). The third-order valence-corrected chi connectivity index (χ3v) is 7.49. The van der Waals surface area contributed by atoms with E-state index in [1.165, 1.54) is 32.4 Å². The number of rotatable bonds is 0. The maximum Gasteiger partial charge on any atom is 0.162 e. The van der Waals surface area contributed by atoms with E-state index >= 15 is 0 Å². The van der Waals surface area contributed by atoms with Gasteiger partial charge in [-0.15, -0.1) is 0 Å². The first-order valence-corrected chi connectivity index (χ1v) is 11.6. The summed E-state index contributed by atoms with van der Waals surface area (Å²) in [5.74, 6) is 0.965. The van der Waals surface area contributed by atoms with Crippen LogP contribution in [0.5, 0.6) is 0 Å². The third kappa shape index (κ3) is 1.90. The highest BCUT2D eigenvalue weighted by atomic mass is 16.3. The number of benzene rings is 4. The van der Waals surface area contributed by atoms with Crippen LogP contribution in [-0.2, 0) is 0 Å². The van der Waals surface area contributed by atoms with Crippen LogP contribution in [0.2, 0.25) is 0 Å². The fourth-order valence-electron chi connectivity index (χ4n) is 6.04. The number of nitrogens with one attached hydrogen (secondary N) is 1. The minimum absolute atomic E-state index is 0.100. The number of allylic oxidation sites excluding steroid dienone is 2. The normalized spacial score (nSPS) is 17.3. The Morgan fingerprint density at radius 3 is 2.65 bits per heavy atom. The smallest absolute Gasteiger partial charge is 0.162 e. The number of anilines is 1. The molecular weight excluding hydrogens is 418 g/mol. The largest absolute Gasteiger partial charge is 0.456 e. The first kappa shape index (κ1) is 17.0. The number of hydrogen-bond donors (Lipinski definition) is 1. The van der Waals surface area contributed by atoms with Gasteiger partial charge in [-0.2, -0.15) is 0 Å². The van der Waals surface area contributed by atoms with Crippen LogP contribution in [0.1, 0.15) is 0 Å². The molecule has 1 aliphatic heterocycles. The van der Waals surface area contributed by atoms with E-state index in [2.05, 4.69) is 88.6 Å². The van der Waals surface area contributed by atoms with E-state index in [9.17, 15) is 0 Å². The molecule has 0 saturated heterocycles. The first-order valence-electron chi connectivity index (χ1n) is 11.6. The van der Waals surface area contributed by atoms with Crippen LogP contribution in [0.25, 0.3) is 59.9 Å². The summed E-state index contributed by atoms with van der Waals surface area (Å²) in [4.78, 5) is 5.17. The predicted molar refractivity (Wildman–Crippen MR) is 141 cm³/mol. The van der Waals surface area contributed by atoms with Gasteiger partial charge in [0.2, 0.25) is 0 Å². The van der Waals surface area contributed by atoms with Crippen LogP contribution in [0.15, 0.2) is 100 Å². The van der Waals surface area contributed by atoms with E-state index < -0.39 is 0 Å². The number of aromatic nitrogens is 1. The summed E-state index contributed by atoms with van der Waals surface area (Å²) in [7, 11) is 0. The van der Waals surface area contributed by atoms with Crippen LogP contribution < -0.4 is 5.32 Å². The van der Waals surface area contributed by atoms with Crippen LogP contribution in [0.3, 0.4) is 0 Å². The lowest BCUT2D eigenvalue weighted by molar-refractivity contribution is 0.669. The predicted octanol–water partition coefficient (Wildman–Crippen LogP) is 7.73. The van der Waals surface area contributed by atoms with Gasteiger partial charge in [0.05, 0.1) is 28.5 Å². The molecule has 0 fully saturated rings. The first-order chi connectivity index (χ1) is 16.8. The summed E-state index contributed by atoms with van der Waals surface area (Å²) in [6.07, 6.45) is 8.41. The molecule has 7 aromatic rings. The summed E-state index contributed by atoms with van der Waals surface area (Å²) in [5.41, 5.74) is 6.32. The number of nitrogens with zero attached hydrogens (tertiary/aromatic N) is 2. The van der Waals surface area contributed by atoms with Crippen molar-refractivity contribution in [2.45, 2.75) is 6.04 Å². The number of aliphatic imine (C=N–C) groups is 1. The van der Waals surface area contributed by atoms with E-state index in [-0.39, 0.29) is 6.04 Å². The molecule has 158 valence electrons. The zero-order valence-electron chi connectivity index (χ0n) is 18.0. The number of fused-ring (bicyclic) bond motifs is 12. The Balaban J connectivity index is 1.56. The zero-order chi connectivity index (χ0) is 22.0. The summed E-state index contributed by atoms with van der Waals surface area (Å²) in [6, 6.07) is 23.9. The number of furan rings is 1. The second-order valence-electron chi connectivity index (χ2n) is 9.27. The molecule has 3 aromatic heterocycles. The number of para-hydroxylation sites is 1. The molecule has 0 saturated carbocycles. The van der Waals surface area contributed by atoms with Gasteiger partial charge in [-0.05, 0) is 35.0 Å². The maximum absolute atomic E-state index is 6.28. The molecule has 0 amide bonds. The Labute approximate surface area is 193 Å². The Morgan fingerprint density at radius 2 is 1.68 bits per heavy atom. The molecule has 2 aliphatic rings. The molecule has 1 atom stereocenters. The van der Waals surface area contributed by atoms with Crippen LogP contribution in [0, 0.1) is 0 Å². The molecule has 4 heterocycles. The summed E-state index contributed by atoms with van der Waals surface area (Å²) in [5, 5.41) is 12.3. The molecule has 0 bridgehead atoms. The van der Waals surface area contributed by atoms with Gasteiger partial charge in [0.1, 0.15) is 11.2 Å². The SMILES string of the molecule is C1=CC2=Nc3c(c4cc5ccccc5c5c6cc7c(cc6n3c45)oc3ccccc37)NC2C=C1. The average molecular weight is 435 g/mol. The van der Waals surface area contributed by atoms with Crippen molar-refractivity contribution in [3.8, 4) is 0 Å². The molecule has 1 unspecified atom stereocenters. The van der Waals surface area contributed by atoms with Crippen LogP contribution >= 0.6 is 0 Å². The highest BCUT2D eigenvalue weighted by Crippen LogP contribution is 2.49. The molecule has 1 aliphatic carbocycles. The second kappa shape index (κ2) is 5.67. The Morgan fingerprint density at radius 1 is 0.794 bits per heavy atom. The van der Waals surface area contributed by atoms with Crippen molar-refractivity contribution in [3.05, 3.63) is 91.0 Å². The van der Waals surface area contributed by atoms with Gasteiger partial charge < -0.3 is 9.73 Å².